The molecule has 0 aliphatic heterocycles. The molecular weight excluding hydrogens is 464 g/mol. The molecular formula is C31H36N2O4. The van der Waals surface area contributed by atoms with E-state index in [0.29, 0.717) is 24.5 Å². The highest BCUT2D eigenvalue weighted by molar-refractivity contribution is 5.88. The van der Waals surface area contributed by atoms with Gasteiger partial charge in [-0.15, -0.1) is 0 Å². The van der Waals surface area contributed by atoms with Crippen molar-refractivity contribution in [1.29, 1.82) is 0 Å². The third-order valence-corrected chi connectivity index (χ3v) is 6.99. The minimum absolute atomic E-state index is 0.116. The molecule has 0 radical (unpaired) electrons. The molecule has 4 rings (SSSR count). The van der Waals surface area contributed by atoms with Crippen LogP contribution in [0.2, 0.25) is 0 Å². The first-order chi connectivity index (χ1) is 18.0. The molecule has 0 unspecified atom stereocenters. The van der Waals surface area contributed by atoms with Crippen LogP contribution in [0.15, 0.2) is 78.9 Å². The van der Waals surface area contributed by atoms with E-state index in [2.05, 4.69) is 5.32 Å². The molecule has 1 N–H and O–H groups in total. The van der Waals surface area contributed by atoms with E-state index in [9.17, 15) is 9.59 Å². The summed E-state index contributed by atoms with van der Waals surface area (Å²) >= 11 is 0. The van der Waals surface area contributed by atoms with Crippen molar-refractivity contribution in [3.8, 4) is 11.5 Å². The van der Waals surface area contributed by atoms with E-state index in [1.54, 1.807) is 24.1 Å². The van der Waals surface area contributed by atoms with Crippen molar-refractivity contribution in [3.63, 3.8) is 0 Å². The molecule has 37 heavy (non-hydrogen) atoms. The monoisotopic (exact) mass is 500 g/mol. The normalized spacial score (nSPS) is 14.1. The molecule has 6 nitrogen and oxygen atoms in total. The lowest BCUT2D eigenvalue weighted by molar-refractivity contribution is -0.143. The standard InChI is InChI=1S/C31H36N2O4/c1-23-12-6-7-15-25(23)21-33(30(34)22-37-29-19-11-10-18-28(29)36-2)27(20-24-13-4-3-5-14-24)31(35)32-26-16-8-9-17-26/h3-7,10-15,18-19,26-27H,8-9,16-17,20-22H2,1-2H3,(H,32,35)/t27-/m0/s1. The van der Waals surface area contributed by atoms with Gasteiger partial charge in [0.2, 0.25) is 5.91 Å². The zero-order chi connectivity index (χ0) is 26.0. The fourth-order valence-corrected chi connectivity index (χ4v) is 4.85. The van der Waals surface area contributed by atoms with Crippen molar-refractivity contribution < 1.29 is 19.1 Å². The highest BCUT2D eigenvalue weighted by Crippen LogP contribution is 2.26. The summed E-state index contributed by atoms with van der Waals surface area (Å²) in [7, 11) is 1.57. The first-order valence-corrected chi connectivity index (χ1v) is 13.0. The maximum absolute atomic E-state index is 13.8. The average molecular weight is 501 g/mol. The van der Waals surface area contributed by atoms with Gasteiger partial charge in [-0.3, -0.25) is 9.59 Å². The zero-order valence-corrected chi connectivity index (χ0v) is 21.7. The van der Waals surface area contributed by atoms with E-state index >= 15 is 0 Å². The number of methoxy groups -OCH3 is 1. The molecule has 0 heterocycles. The number of amides is 2. The van der Waals surface area contributed by atoms with Gasteiger partial charge >= 0.3 is 0 Å². The van der Waals surface area contributed by atoms with Crippen LogP contribution in [0.5, 0.6) is 11.5 Å². The molecule has 3 aromatic carbocycles. The van der Waals surface area contributed by atoms with E-state index in [0.717, 1.165) is 42.4 Å². The van der Waals surface area contributed by atoms with Crippen LogP contribution in [0, 0.1) is 6.92 Å². The molecule has 1 aliphatic rings. The second-order valence-electron chi connectivity index (χ2n) is 9.58. The van der Waals surface area contributed by atoms with Crippen LogP contribution in [0.3, 0.4) is 0 Å². The van der Waals surface area contributed by atoms with Crippen LogP contribution in [0.4, 0.5) is 0 Å². The Balaban J connectivity index is 1.63. The molecule has 3 aromatic rings. The molecule has 2 amide bonds. The van der Waals surface area contributed by atoms with Gasteiger partial charge in [-0.2, -0.15) is 0 Å². The number of aryl methyl sites for hydroxylation is 1. The van der Waals surface area contributed by atoms with E-state index in [1.807, 2.05) is 73.7 Å². The number of hydrogen-bond donors (Lipinski definition) is 1. The van der Waals surface area contributed by atoms with Gasteiger partial charge in [0.1, 0.15) is 6.04 Å². The molecule has 0 spiro atoms. The van der Waals surface area contributed by atoms with Crippen LogP contribution < -0.4 is 14.8 Å². The number of rotatable bonds is 11. The molecule has 1 aliphatic carbocycles. The number of nitrogens with zero attached hydrogens (tertiary/aromatic N) is 1. The van der Waals surface area contributed by atoms with Crippen LogP contribution in [0.25, 0.3) is 0 Å². The summed E-state index contributed by atoms with van der Waals surface area (Å²) in [6.45, 7) is 2.14. The van der Waals surface area contributed by atoms with Gasteiger partial charge < -0.3 is 19.7 Å². The molecule has 0 bridgehead atoms. The van der Waals surface area contributed by atoms with Crippen LogP contribution in [-0.2, 0) is 22.6 Å². The maximum Gasteiger partial charge on any atom is 0.261 e. The van der Waals surface area contributed by atoms with E-state index in [-0.39, 0.29) is 24.5 Å². The summed E-state index contributed by atoms with van der Waals surface area (Å²) in [5.74, 6) is 0.677. The largest absolute Gasteiger partial charge is 0.493 e. The summed E-state index contributed by atoms with van der Waals surface area (Å²) < 4.78 is 11.3. The number of hydrogen-bond acceptors (Lipinski definition) is 4. The Morgan fingerprint density at radius 1 is 0.919 bits per heavy atom. The van der Waals surface area contributed by atoms with Crippen molar-refractivity contribution in [2.24, 2.45) is 0 Å². The van der Waals surface area contributed by atoms with Gasteiger partial charge in [-0.05, 0) is 48.6 Å². The molecule has 1 fully saturated rings. The van der Waals surface area contributed by atoms with E-state index < -0.39 is 6.04 Å². The Hall–Kier alpha value is -3.80. The van der Waals surface area contributed by atoms with Gasteiger partial charge in [0.15, 0.2) is 18.1 Å². The summed E-state index contributed by atoms with van der Waals surface area (Å²) in [6.07, 6.45) is 4.62. The number of benzene rings is 3. The smallest absolute Gasteiger partial charge is 0.261 e. The zero-order valence-electron chi connectivity index (χ0n) is 21.7. The second-order valence-corrected chi connectivity index (χ2v) is 9.58. The highest BCUT2D eigenvalue weighted by Gasteiger charge is 2.32. The highest BCUT2D eigenvalue weighted by atomic mass is 16.5. The van der Waals surface area contributed by atoms with Gasteiger partial charge in [-0.25, -0.2) is 0 Å². The van der Waals surface area contributed by atoms with E-state index in [1.165, 1.54) is 0 Å². The molecule has 0 aromatic heterocycles. The molecule has 6 heteroatoms. The average Bonchev–Trinajstić information content (AvgIpc) is 3.44. The lowest BCUT2D eigenvalue weighted by Crippen LogP contribution is -2.53. The van der Waals surface area contributed by atoms with Gasteiger partial charge in [-0.1, -0.05) is 79.6 Å². The maximum atomic E-state index is 13.8. The SMILES string of the molecule is COc1ccccc1OCC(=O)N(Cc1ccccc1C)[C@@H](Cc1ccccc1)C(=O)NC1CCCC1. The lowest BCUT2D eigenvalue weighted by Gasteiger charge is -2.32. The van der Waals surface area contributed by atoms with Crippen molar-refractivity contribution in [3.05, 3.63) is 95.6 Å². The summed E-state index contributed by atoms with van der Waals surface area (Å²) in [4.78, 5) is 29.2. The molecule has 1 atom stereocenters. The summed E-state index contributed by atoms with van der Waals surface area (Å²) in [5, 5.41) is 3.23. The first kappa shape index (κ1) is 26.3. The number of carbonyl (C=O) groups is 2. The molecule has 1 saturated carbocycles. The quantitative estimate of drug-likeness (QED) is 0.399. The Kier molecular flexibility index (Phi) is 9.19. The number of ether oxygens (including phenoxy) is 2. The predicted octanol–water partition coefficient (Wildman–Crippen LogP) is 5.08. The minimum Gasteiger partial charge on any atom is -0.493 e. The van der Waals surface area contributed by atoms with Gasteiger partial charge in [0, 0.05) is 19.0 Å². The first-order valence-electron chi connectivity index (χ1n) is 13.0. The fourth-order valence-electron chi connectivity index (χ4n) is 4.85. The third-order valence-electron chi connectivity index (χ3n) is 6.99. The van der Waals surface area contributed by atoms with Crippen molar-refractivity contribution >= 4 is 11.8 Å². The van der Waals surface area contributed by atoms with Gasteiger partial charge in [0.25, 0.3) is 5.91 Å². The van der Waals surface area contributed by atoms with Crippen LogP contribution >= 0.6 is 0 Å². The van der Waals surface area contributed by atoms with Crippen molar-refractivity contribution in [1.82, 2.24) is 10.2 Å². The Morgan fingerprint density at radius 2 is 1.57 bits per heavy atom. The Bertz CT molecular complexity index is 1170. The third kappa shape index (κ3) is 7.13. The summed E-state index contributed by atoms with van der Waals surface area (Å²) in [6, 6.07) is 24.6. The Labute approximate surface area is 219 Å². The molecule has 194 valence electrons. The fraction of sp³-hybridized carbons (Fsp3) is 0.355. The second kappa shape index (κ2) is 12.9. The van der Waals surface area contributed by atoms with Crippen LogP contribution in [-0.4, -0.2) is 42.5 Å². The number of para-hydroxylation sites is 2. The summed E-state index contributed by atoms with van der Waals surface area (Å²) in [5.41, 5.74) is 3.07. The topological polar surface area (TPSA) is 67.9 Å². The Morgan fingerprint density at radius 3 is 2.27 bits per heavy atom. The van der Waals surface area contributed by atoms with Crippen LogP contribution in [0.1, 0.15) is 42.4 Å². The predicted molar refractivity (Wildman–Crippen MR) is 145 cm³/mol. The lowest BCUT2D eigenvalue weighted by atomic mass is 10.0. The number of carbonyl (C=O) groups excluding carboxylic acids is 2. The van der Waals surface area contributed by atoms with Gasteiger partial charge in [0.05, 0.1) is 7.11 Å². The van der Waals surface area contributed by atoms with Crippen molar-refractivity contribution in [2.75, 3.05) is 13.7 Å². The molecule has 0 saturated heterocycles. The number of nitrogens with one attached hydrogen (secondary N) is 1. The van der Waals surface area contributed by atoms with Crippen molar-refractivity contribution in [2.45, 2.75) is 57.7 Å². The minimum atomic E-state index is -0.670. The van der Waals surface area contributed by atoms with E-state index in [4.69, 9.17) is 9.47 Å².